The highest BCUT2D eigenvalue weighted by molar-refractivity contribution is 5.69. The molecule has 3 saturated heterocycles. The Kier molecular flexibility index (Phi) is 10.6. The predicted octanol–water partition coefficient (Wildman–Crippen LogP) is 6.99. The highest BCUT2D eigenvalue weighted by Gasteiger charge is 2.77. The lowest BCUT2D eigenvalue weighted by Crippen LogP contribution is -2.56. The number of esters is 1. The molecule has 3 saturated carbocycles. The van der Waals surface area contributed by atoms with E-state index < -0.39 is 0 Å². The molecule has 0 aromatic rings. The maximum absolute atomic E-state index is 13.1. The molecule has 3 aliphatic heterocycles. The van der Waals surface area contributed by atoms with Gasteiger partial charge in [0.2, 0.25) is 0 Å². The number of morpholine rings is 1. The second kappa shape index (κ2) is 13.6. The highest BCUT2D eigenvalue weighted by atomic mass is 16.6. The van der Waals surface area contributed by atoms with Crippen molar-refractivity contribution in [1.82, 2.24) is 10.2 Å². The van der Waals surface area contributed by atoms with E-state index in [-0.39, 0.29) is 41.2 Å². The van der Waals surface area contributed by atoms with Gasteiger partial charge in [0.05, 0.1) is 32.5 Å². The Morgan fingerprint density at radius 2 is 1.73 bits per heavy atom. The smallest absolute Gasteiger partial charge is 0.410 e. The molecule has 45 heavy (non-hydrogen) atoms. The topological polar surface area (TPSA) is 86.3 Å². The van der Waals surface area contributed by atoms with E-state index in [1.165, 1.54) is 45.6 Å². The normalized spacial score (nSPS) is 43.6. The molecule has 3 aliphatic carbocycles. The molecule has 1 amide bonds. The number of nitrogens with zero attached hydrogens (tertiary/aromatic N) is 1. The van der Waals surface area contributed by atoms with Gasteiger partial charge < -0.3 is 29.2 Å². The molecular formula is C37H64N2O6. The van der Waals surface area contributed by atoms with E-state index in [9.17, 15) is 9.59 Å². The van der Waals surface area contributed by atoms with Gasteiger partial charge in [0.25, 0.3) is 0 Å². The Hall–Kier alpha value is -1.38. The molecule has 6 fully saturated rings. The number of carbonyl (C=O) groups is 2. The van der Waals surface area contributed by atoms with Crippen LogP contribution in [0.5, 0.6) is 0 Å². The lowest BCUT2D eigenvalue weighted by Gasteiger charge is -2.55. The zero-order chi connectivity index (χ0) is 32.6. The van der Waals surface area contributed by atoms with E-state index in [0.717, 1.165) is 32.2 Å². The van der Waals surface area contributed by atoms with Crippen molar-refractivity contribution in [2.45, 2.75) is 143 Å². The van der Waals surface area contributed by atoms with Crippen LogP contribution < -0.4 is 5.32 Å². The van der Waals surface area contributed by atoms with Gasteiger partial charge in [-0.05, 0) is 91.8 Å². The van der Waals surface area contributed by atoms with Crippen molar-refractivity contribution in [3.05, 3.63) is 0 Å². The number of carbonyl (C=O) groups excluding carboxylic acids is 2. The SMILES string of the molecule is CC.CC[C@]1(C)CC[C@@]23C[C@@]24CC[C@H](OC(=O)N2CCOCC2)C(C)(C)C4CC[C@H]3NCC2OC(CCC(=O)OC)C[C@@H](C)C21. The van der Waals surface area contributed by atoms with Crippen LogP contribution in [0.15, 0.2) is 0 Å². The van der Waals surface area contributed by atoms with Crippen LogP contribution in [-0.2, 0) is 23.7 Å². The van der Waals surface area contributed by atoms with Crippen molar-refractivity contribution in [3.8, 4) is 0 Å². The predicted molar refractivity (Wildman–Crippen MR) is 176 cm³/mol. The average Bonchev–Trinajstić information content (AvgIpc) is 3.72. The highest BCUT2D eigenvalue weighted by Crippen LogP contribution is 2.82. The largest absolute Gasteiger partial charge is 0.469 e. The molecular weight excluding hydrogens is 568 g/mol. The monoisotopic (exact) mass is 632 g/mol. The standard InChI is InChI=1S/C35H58N2O6.C2H6/c1-7-33(5)14-15-35-22-34(35)13-12-28(43-31(39)37-16-18-41-19-17-37)32(3,4)26(34)9-10-27(35)36-21-25-30(33)23(2)20-24(42-25)8-11-29(38)40-6;1-2/h23-28,30,36H,7-22H2,1-6H3;1-2H3/t23-,24?,25?,26?,27-,28+,30?,33-,34-,35+;/m1./s1. The Morgan fingerprint density at radius 1 is 1.00 bits per heavy atom. The summed E-state index contributed by atoms with van der Waals surface area (Å²) in [6.45, 7) is 19.5. The van der Waals surface area contributed by atoms with Crippen molar-refractivity contribution in [2.75, 3.05) is 40.0 Å². The summed E-state index contributed by atoms with van der Waals surface area (Å²) in [4.78, 5) is 26.8. The van der Waals surface area contributed by atoms with Crippen LogP contribution in [0.3, 0.4) is 0 Å². The fourth-order valence-electron chi connectivity index (χ4n) is 11.4. The van der Waals surface area contributed by atoms with Crippen molar-refractivity contribution >= 4 is 12.1 Å². The summed E-state index contributed by atoms with van der Waals surface area (Å²) in [5.74, 6) is 1.49. The Bertz CT molecular complexity index is 1050. The molecule has 2 spiro atoms. The first-order valence-electron chi connectivity index (χ1n) is 18.5. The van der Waals surface area contributed by atoms with Gasteiger partial charge in [0.1, 0.15) is 6.10 Å². The molecule has 1 N–H and O–H groups in total. The second-order valence-corrected chi connectivity index (χ2v) is 16.1. The molecule has 0 bridgehead atoms. The maximum atomic E-state index is 13.1. The number of amides is 1. The second-order valence-electron chi connectivity index (χ2n) is 16.1. The molecule has 0 aromatic heterocycles. The molecule has 4 unspecified atom stereocenters. The summed E-state index contributed by atoms with van der Waals surface area (Å²) in [7, 11) is 1.47. The third-order valence-electron chi connectivity index (χ3n) is 13.9. The van der Waals surface area contributed by atoms with Crippen LogP contribution in [0, 0.1) is 39.4 Å². The summed E-state index contributed by atoms with van der Waals surface area (Å²) in [6, 6.07) is 0.515. The van der Waals surface area contributed by atoms with Gasteiger partial charge in [-0.15, -0.1) is 0 Å². The van der Waals surface area contributed by atoms with Crippen LogP contribution in [0.25, 0.3) is 0 Å². The van der Waals surface area contributed by atoms with Gasteiger partial charge in [0.15, 0.2) is 0 Å². The number of methoxy groups -OCH3 is 1. The molecule has 8 heteroatoms. The Labute approximate surface area is 273 Å². The van der Waals surface area contributed by atoms with E-state index >= 15 is 0 Å². The number of ether oxygens (including phenoxy) is 4. The van der Waals surface area contributed by atoms with Gasteiger partial charge >= 0.3 is 12.1 Å². The summed E-state index contributed by atoms with van der Waals surface area (Å²) in [5.41, 5.74) is 0.845. The molecule has 6 rings (SSSR count). The van der Waals surface area contributed by atoms with Crippen molar-refractivity contribution in [3.63, 3.8) is 0 Å². The van der Waals surface area contributed by atoms with Crippen molar-refractivity contribution in [1.29, 1.82) is 0 Å². The third-order valence-corrected chi connectivity index (χ3v) is 13.9. The lowest BCUT2D eigenvalue weighted by molar-refractivity contribution is -0.152. The van der Waals surface area contributed by atoms with Crippen LogP contribution >= 0.6 is 0 Å². The molecule has 0 aromatic carbocycles. The first-order valence-corrected chi connectivity index (χ1v) is 18.5. The number of hydrogen-bond donors (Lipinski definition) is 1. The minimum absolute atomic E-state index is 0.0306. The Morgan fingerprint density at radius 3 is 2.42 bits per heavy atom. The fourth-order valence-corrected chi connectivity index (χ4v) is 11.4. The average molecular weight is 633 g/mol. The minimum atomic E-state index is -0.152. The molecule has 10 atom stereocenters. The molecule has 6 aliphatic rings. The van der Waals surface area contributed by atoms with E-state index in [2.05, 4.69) is 39.9 Å². The summed E-state index contributed by atoms with van der Waals surface area (Å²) >= 11 is 0. The molecule has 8 nitrogen and oxygen atoms in total. The zero-order valence-corrected chi connectivity index (χ0v) is 29.8. The van der Waals surface area contributed by atoms with E-state index in [1.54, 1.807) is 0 Å². The van der Waals surface area contributed by atoms with Gasteiger partial charge in [0, 0.05) is 37.5 Å². The summed E-state index contributed by atoms with van der Waals surface area (Å²) < 4.78 is 23.6. The number of fused-ring (bicyclic) bond motifs is 1. The quantitative estimate of drug-likeness (QED) is 0.327. The third kappa shape index (κ3) is 6.19. The van der Waals surface area contributed by atoms with Gasteiger partial charge in [-0.2, -0.15) is 0 Å². The van der Waals surface area contributed by atoms with Gasteiger partial charge in [-0.1, -0.05) is 54.9 Å². The zero-order valence-electron chi connectivity index (χ0n) is 29.8. The van der Waals surface area contributed by atoms with Crippen LogP contribution in [-0.4, -0.2) is 81.3 Å². The molecule has 3 heterocycles. The fraction of sp³-hybridized carbons (Fsp3) is 0.946. The first kappa shape index (κ1) is 34.9. The lowest BCUT2D eigenvalue weighted by atomic mass is 9.52. The van der Waals surface area contributed by atoms with Crippen molar-refractivity contribution < 1.29 is 28.5 Å². The van der Waals surface area contributed by atoms with E-state index in [4.69, 9.17) is 18.9 Å². The summed E-state index contributed by atoms with van der Waals surface area (Å²) in [5, 5.41) is 4.15. The first-order chi connectivity index (χ1) is 21.5. The number of hydrogen-bond acceptors (Lipinski definition) is 7. The van der Waals surface area contributed by atoms with Gasteiger partial charge in [-0.25, -0.2) is 4.79 Å². The molecule has 258 valence electrons. The number of rotatable bonds is 5. The number of nitrogens with one attached hydrogen (secondary N) is 1. The van der Waals surface area contributed by atoms with E-state index in [1.807, 2.05) is 18.7 Å². The van der Waals surface area contributed by atoms with E-state index in [0.29, 0.717) is 67.3 Å². The van der Waals surface area contributed by atoms with Crippen LogP contribution in [0.1, 0.15) is 119 Å². The van der Waals surface area contributed by atoms with Crippen LogP contribution in [0.2, 0.25) is 0 Å². The maximum Gasteiger partial charge on any atom is 0.410 e. The minimum Gasteiger partial charge on any atom is -0.469 e. The summed E-state index contributed by atoms with van der Waals surface area (Å²) in [6.07, 6.45) is 11.8. The Balaban J connectivity index is 0.00000196. The van der Waals surface area contributed by atoms with Crippen molar-refractivity contribution in [2.24, 2.45) is 39.4 Å². The van der Waals surface area contributed by atoms with Gasteiger partial charge in [-0.3, -0.25) is 4.79 Å². The molecule has 0 radical (unpaired) electrons. The van der Waals surface area contributed by atoms with Crippen LogP contribution in [0.4, 0.5) is 4.79 Å².